The molecule has 1 rings (SSSR count). The Hall–Kier alpha value is -0.290. The molecule has 1 saturated carbocycles. The van der Waals surface area contributed by atoms with Gasteiger partial charge in [-0.2, -0.15) is 13.2 Å². The Morgan fingerprint density at radius 1 is 1.21 bits per heavy atom. The van der Waals surface area contributed by atoms with E-state index in [2.05, 4.69) is 5.32 Å². The molecular weight excluding hydrogens is 195 g/mol. The van der Waals surface area contributed by atoms with Crippen LogP contribution in [0.25, 0.3) is 0 Å². The van der Waals surface area contributed by atoms with Crippen molar-refractivity contribution in [2.75, 3.05) is 19.7 Å². The standard InChI is InChI=1S/C9H16F3NO/c10-9(11,12)6-13-5-8(7-14)3-1-2-4-8/h13-14H,1-7H2. The van der Waals surface area contributed by atoms with Gasteiger partial charge in [-0.1, -0.05) is 12.8 Å². The molecule has 0 atom stereocenters. The predicted octanol–water partition coefficient (Wildman–Crippen LogP) is 1.69. The van der Waals surface area contributed by atoms with Crippen molar-refractivity contribution in [2.45, 2.75) is 31.9 Å². The topological polar surface area (TPSA) is 32.3 Å². The van der Waals surface area contributed by atoms with Crippen LogP contribution >= 0.6 is 0 Å². The average Bonchev–Trinajstić information content (AvgIpc) is 2.52. The first-order valence-electron chi connectivity index (χ1n) is 4.86. The van der Waals surface area contributed by atoms with Crippen molar-refractivity contribution in [2.24, 2.45) is 5.41 Å². The van der Waals surface area contributed by atoms with Crippen LogP contribution in [0, 0.1) is 5.41 Å². The summed E-state index contributed by atoms with van der Waals surface area (Å²) in [7, 11) is 0. The number of nitrogens with one attached hydrogen (secondary N) is 1. The summed E-state index contributed by atoms with van der Waals surface area (Å²) in [4.78, 5) is 0. The third-order valence-corrected chi connectivity index (χ3v) is 2.83. The Morgan fingerprint density at radius 3 is 2.21 bits per heavy atom. The largest absolute Gasteiger partial charge is 0.401 e. The van der Waals surface area contributed by atoms with Gasteiger partial charge in [-0.05, 0) is 12.8 Å². The fourth-order valence-corrected chi connectivity index (χ4v) is 1.99. The number of hydrogen-bond acceptors (Lipinski definition) is 2. The SMILES string of the molecule is OCC1(CNCC(F)(F)F)CCCC1. The summed E-state index contributed by atoms with van der Waals surface area (Å²) in [5, 5.41) is 11.5. The van der Waals surface area contributed by atoms with Crippen LogP contribution in [0.3, 0.4) is 0 Å². The number of alkyl halides is 3. The maximum atomic E-state index is 11.8. The maximum Gasteiger partial charge on any atom is 0.401 e. The fourth-order valence-electron chi connectivity index (χ4n) is 1.99. The minimum absolute atomic E-state index is 0.0160. The molecule has 0 aromatic rings. The van der Waals surface area contributed by atoms with Crippen molar-refractivity contribution < 1.29 is 18.3 Å². The normalized spacial score (nSPS) is 21.4. The highest BCUT2D eigenvalue weighted by atomic mass is 19.4. The molecule has 1 aliphatic rings. The molecule has 84 valence electrons. The molecule has 1 fully saturated rings. The smallest absolute Gasteiger partial charge is 0.396 e. The quantitative estimate of drug-likeness (QED) is 0.741. The molecule has 5 heteroatoms. The van der Waals surface area contributed by atoms with Gasteiger partial charge in [0.2, 0.25) is 0 Å². The van der Waals surface area contributed by atoms with E-state index in [0.29, 0.717) is 0 Å². The van der Waals surface area contributed by atoms with Gasteiger partial charge < -0.3 is 10.4 Å². The summed E-state index contributed by atoms with van der Waals surface area (Å²) < 4.78 is 35.5. The molecule has 0 heterocycles. The van der Waals surface area contributed by atoms with Crippen LogP contribution in [0.1, 0.15) is 25.7 Å². The molecule has 1 aliphatic carbocycles. The monoisotopic (exact) mass is 211 g/mol. The molecule has 2 N–H and O–H groups in total. The zero-order valence-corrected chi connectivity index (χ0v) is 8.03. The number of aliphatic hydroxyl groups is 1. The first kappa shape index (κ1) is 11.8. The third kappa shape index (κ3) is 3.46. The summed E-state index contributed by atoms with van der Waals surface area (Å²) in [6.45, 7) is -0.713. The lowest BCUT2D eigenvalue weighted by molar-refractivity contribution is -0.126. The minimum atomic E-state index is -4.16. The Kier molecular flexibility index (Phi) is 3.78. The lowest BCUT2D eigenvalue weighted by Gasteiger charge is -2.26. The second-order valence-corrected chi connectivity index (χ2v) is 4.08. The van der Waals surface area contributed by atoms with Crippen LogP contribution in [0.15, 0.2) is 0 Å². The average molecular weight is 211 g/mol. The van der Waals surface area contributed by atoms with E-state index in [1.54, 1.807) is 0 Å². The number of aliphatic hydroxyl groups excluding tert-OH is 1. The summed E-state index contributed by atoms with van der Waals surface area (Å²) in [6.07, 6.45) is -0.486. The van der Waals surface area contributed by atoms with E-state index in [0.717, 1.165) is 25.7 Å². The molecule has 0 bridgehead atoms. The molecular formula is C9H16F3NO. The van der Waals surface area contributed by atoms with E-state index in [1.807, 2.05) is 0 Å². The van der Waals surface area contributed by atoms with E-state index in [4.69, 9.17) is 5.11 Å². The summed E-state index contributed by atoms with van der Waals surface area (Å²) in [6, 6.07) is 0. The van der Waals surface area contributed by atoms with Crippen molar-refractivity contribution in [3.8, 4) is 0 Å². The lowest BCUT2D eigenvalue weighted by Crippen LogP contribution is -2.39. The van der Waals surface area contributed by atoms with Crippen molar-refractivity contribution in [3.05, 3.63) is 0 Å². The Balaban J connectivity index is 2.28. The molecule has 0 radical (unpaired) electrons. The molecule has 0 aliphatic heterocycles. The molecule has 0 spiro atoms. The highest BCUT2D eigenvalue weighted by Crippen LogP contribution is 2.36. The highest BCUT2D eigenvalue weighted by molar-refractivity contribution is 4.86. The molecule has 0 aromatic carbocycles. The first-order valence-corrected chi connectivity index (χ1v) is 4.86. The molecule has 0 unspecified atom stereocenters. The Labute approximate surface area is 81.5 Å². The number of halogens is 3. The Morgan fingerprint density at radius 2 is 1.79 bits per heavy atom. The van der Waals surface area contributed by atoms with E-state index >= 15 is 0 Å². The summed E-state index contributed by atoms with van der Waals surface area (Å²) in [5.41, 5.74) is -0.300. The second-order valence-electron chi connectivity index (χ2n) is 4.08. The Bertz CT molecular complexity index is 175. The van der Waals surface area contributed by atoms with Gasteiger partial charge in [0.1, 0.15) is 0 Å². The van der Waals surface area contributed by atoms with Crippen molar-refractivity contribution >= 4 is 0 Å². The van der Waals surface area contributed by atoms with Crippen LogP contribution in [0.2, 0.25) is 0 Å². The van der Waals surface area contributed by atoms with Crippen molar-refractivity contribution in [1.29, 1.82) is 0 Å². The van der Waals surface area contributed by atoms with Gasteiger partial charge in [0.25, 0.3) is 0 Å². The molecule has 14 heavy (non-hydrogen) atoms. The van der Waals surface area contributed by atoms with E-state index in [1.165, 1.54) is 0 Å². The first-order chi connectivity index (χ1) is 6.47. The molecule has 0 saturated heterocycles. The van der Waals surface area contributed by atoms with Gasteiger partial charge in [-0.15, -0.1) is 0 Å². The van der Waals surface area contributed by atoms with Gasteiger partial charge in [0.05, 0.1) is 6.54 Å². The fraction of sp³-hybridized carbons (Fsp3) is 1.00. The second kappa shape index (κ2) is 4.49. The van der Waals surface area contributed by atoms with Crippen LogP contribution in [0.4, 0.5) is 13.2 Å². The lowest BCUT2D eigenvalue weighted by atomic mass is 9.87. The number of rotatable bonds is 4. The van der Waals surface area contributed by atoms with Gasteiger partial charge in [0.15, 0.2) is 0 Å². The summed E-state index contributed by atoms with van der Waals surface area (Å²) >= 11 is 0. The number of hydrogen-bond donors (Lipinski definition) is 2. The van der Waals surface area contributed by atoms with Crippen LogP contribution < -0.4 is 5.32 Å². The zero-order valence-electron chi connectivity index (χ0n) is 8.03. The van der Waals surface area contributed by atoms with Crippen molar-refractivity contribution in [1.82, 2.24) is 5.32 Å². The molecule has 0 aromatic heterocycles. The van der Waals surface area contributed by atoms with Gasteiger partial charge in [-0.3, -0.25) is 0 Å². The van der Waals surface area contributed by atoms with E-state index < -0.39 is 12.7 Å². The zero-order chi connectivity index (χ0) is 10.7. The van der Waals surface area contributed by atoms with Gasteiger partial charge >= 0.3 is 6.18 Å². The predicted molar refractivity (Wildman–Crippen MR) is 46.9 cm³/mol. The van der Waals surface area contributed by atoms with Crippen LogP contribution in [-0.4, -0.2) is 31.0 Å². The van der Waals surface area contributed by atoms with E-state index in [9.17, 15) is 13.2 Å². The summed E-state index contributed by atoms with van der Waals surface area (Å²) in [5.74, 6) is 0. The van der Waals surface area contributed by atoms with Gasteiger partial charge in [-0.25, -0.2) is 0 Å². The van der Waals surface area contributed by atoms with Gasteiger partial charge in [0, 0.05) is 18.6 Å². The molecule has 2 nitrogen and oxygen atoms in total. The van der Waals surface area contributed by atoms with Crippen molar-refractivity contribution in [3.63, 3.8) is 0 Å². The highest BCUT2D eigenvalue weighted by Gasteiger charge is 2.34. The van der Waals surface area contributed by atoms with Crippen LogP contribution in [-0.2, 0) is 0 Å². The maximum absolute atomic E-state index is 11.8. The third-order valence-electron chi connectivity index (χ3n) is 2.83. The van der Waals surface area contributed by atoms with E-state index in [-0.39, 0.29) is 18.6 Å². The minimum Gasteiger partial charge on any atom is -0.396 e. The molecule has 0 amide bonds. The van der Waals surface area contributed by atoms with Crippen LogP contribution in [0.5, 0.6) is 0 Å².